The Morgan fingerprint density at radius 2 is 2.05 bits per heavy atom. The van der Waals surface area contributed by atoms with Crippen LogP contribution in [0, 0.1) is 10.2 Å². The normalized spacial score (nSPS) is 20.2. The number of fused-ring (bicyclic) bond motifs is 3. The molecule has 21 heavy (non-hydrogen) atoms. The highest BCUT2D eigenvalue weighted by Crippen LogP contribution is 2.39. The van der Waals surface area contributed by atoms with Gasteiger partial charge in [0.1, 0.15) is 4.83 Å². The van der Waals surface area contributed by atoms with Gasteiger partial charge in [-0.15, -0.1) is 11.3 Å². The largest absolute Gasteiger partial charge is 0.323 e. The molecule has 1 fully saturated rings. The Bertz CT molecular complexity index is 821. The summed E-state index contributed by atoms with van der Waals surface area (Å²) in [5.74, 6) is 0. The Morgan fingerprint density at radius 1 is 1.29 bits per heavy atom. The molecule has 5 heteroatoms. The minimum Gasteiger partial charge on any atom is -0.323 e. The topological polar surface area (TPSA) is 37.8 Å². The van der Waals surface area contributed by atoms with Gasteiger partial charge < -0.3 is 4.98 Å². The zero-order chi connectivity index (χ0) is 14.6. The van der Waals surface area contributed by atoms with Crippen molar-refractivity contribution in [2.75, 3.05) is 0 Å². The van der Waals surface area contributed by atoms with Crippen molar-refractivity contribution in [1.29, 1.82) is 0 Å². The Morgan fingerprint density at radius 3 is 2.81 bits per heavy atom. The van der Waals surface area contributed by atoms with Crippen LogP contribution in [0.5, 0.6) is 0 Å². The van der Waals surface area contributed by atoms with Gasteiger partial charge in [0.25, 0.3) is 5.56 Å². The molecule has 0 spiro atoms. The molecule has 2 aromatic rings. The average Bonchev–Trinajstić information content (AvgIpc) is 3.10. The van der Waals surface area contributed by atoms with Crippen LogP contribution in [0.3, 0.4) is 0 Å². The lowest BCUT2D eigenvalue weighted by Gasteiger charge is -2.24. The lowest BCUT2D eigenvalue weighted by atomic mass is 9.89. The van der Waals surface area contributed by atoms with E-state index in [1.165, 1.54) is 42.5 Å². The summed E-state index contributed by atoms with van der Waals surface area (Å²) in [6, 6.07) is 0. The van der Waals surface area contributed by atoms with Crippen molar-refractivity contribution >= 4 is 33.8 Å². The molecule has 0 radical (unpaired) electrons. The lowest BCUT2D eigenvalue weighted by Crippen LogP contribution is -2.30. The van der Waals surface area contributed by atoms with Crippen LogP contribution in [0.1, 0.15) is 49.5 Å². The van der Waals surface area contributed by atoms with Gasteiger partial charge in [-0.1, -0.05) is 19.8 Å². The van der Waals surface area contributed by atoms with Gasteiger partial charge in [-0.2, -0.15) is 0 Å². The molecule has 112 valence electrons. The first-order valence-electron chi connectivity index (χ1n) is 7.85. The van der Waals surface area contributed by atoms with Crippen molar-refractivity contribution in [3.05, 3.63) is 25.6 Å². The Balaban J connectivity index is 1.89. The number of nitrogens with zero attached hydrogens (tertiary/aromatic N) is 1. The summed E-state index contributed by atoms with van der Waals surface area (Å²) < 4.78 is 2.43. The van der Waals surface area contributed by atoms with Gasteiger partial charge in [0, 0.05) is 11.4 Å². The molecule has 3 nitrogen and oxygen atoms in total. The van der Waals surface area contributed by atoms with E-state index in [1.807, 2.05) is 4.57 Å². The summed E-state index contributed by atoms with van der Waals surface area (Å²) in [6.07, 6.45) is 8.31. The quantitative estimate of drug-likeness (QED) is 0.843. The molecule has 2 aromatic heterocycles. The van der Waals surface area contributed by atoms with Crippen LogP contribution in [0.2, 0.25) is 0 Å². The van der Waals surface area contributed by atoms with Gasteiger partial charge in [0.2, 0.25) is 0 Å². The third-order valence-electron chi connectivity index (χ3n) is 5.20. The Kier molecular flexibility index (Phi) is 3.12. The maximum Gasteiger partial charge on any atom is 0.263 e. The molecule has 2 heterocycles. The first kappa shape index (κ1) is 13.7. The summed E-state index contributed by atoms with van der Waals surface area (Å²) in [6.45, 7) is 3.06. The molecule has 0 bridgehead atoms. The number of nitrogens with one attached hydrogen (secondary N) is 1. The lowest BCUT2D eigenvalue weighted by molar-refractivity contribution is 0.275. The van der Waals surface area contributed by atoms with E-state index in [0.29, 0.717) is 4.77 Å². The summed E-state index contributed by atoms with van der Waals surface area (Å²) in [7, 11) is 0. The summed E-state index contributed by atoms with van der Waals surface area (Å²) >= 11 is 7.20. The van der Waals surface area contributed by atoms with Crippen LogP contribution in [-0.2, 0) is 19.4 Å². The van der Waals surface area contributed by atoms with Crippen molar-refractivity contribution in [3.8, 4) is 0 Å². The van der Waals surface area contributed by atoms with Crippen LogP contribution < -0.4 is 5.56 Å². The molecular formula is C16H20N2OS2. The molecule has 0 atom stereocenters. The number of aromatic nitrogens is 2. The molecule has 0 aromatic carbocycles. The van der Waals surface area contributed by atoms with E-state index in [0.717, 1.165) is 29.6 Å². The molecule has 1 saturated carbocycles. The molecule has 4 rings (SSSR count). The fraction of sp³-hybridized carbons (Fsp3) is 0.625. The molecular weight excluding hydrogens is 300 g/mol. The van der Waals surface area contributed by atoms with Gasteiger partial charge >= 0.3 is 0 Å². The number of aromatic amines is 1. The smallest absolute Gasteiger partial charge is 0.263 e. The second-order valence-corrected chi connectivity index (χ2v) is 8.39. The van der Waals surface area contributed by atoms with E-state index in [1.54, 1.807) is 11.3 Å². The second kappa shape index (κ2) is 4.78. The third-order valence-corrected chi connectivity index (χ3v) is 6.73. The zero-order valence-corrected chi connectivity index (χ0v) is 14.0. The van der Waals surface area contributed by atoms with Crippen molar-refractivity contribution in [2.45, 2.75) is 58.4 Å². The highest BCUT2D eigenvalue weighted by atomic mass is 32.1. The number of hydrogen-bond acceptors (Lipinski definition) is 3. The number of aryl methyl sites for hydroxylation is 2. The van der Waals surface area contributed by atoms with Crippen LogP contribution in [0.4, 0.5) is 0 Å². The monoisotopic (exact) mass is 320 g/mol. The molecule has 2 aliphatic carbocycles. The maximum absolute atomic E-state index is 13.0. The molecule has 2 aliphatic rings. The summed E-state index contributed by atoms with van der Waals surface area (Å²) in [5.41, 5.74) is 1.66. The van der Waals surface area contributed by atoms with E-state index >= 15 is 0 Å². The Labute approximate surface area is 133 Å². The standard InChI is InChI=1S/C16H20N2OS2/c1-16(7-2-3-8-16)9-18-14(19)12-10-5-4-6-11(10)21-13(12)17-15(18)20/h2-9H2,1H3,(H,17,20). The van der Waals surface area contributed by atoms with Gasteiger partial charge in [0.15, 0.2) is 4.77 Å². The zero-order valence-electron chi connectivity index (χ0n) is 12.3. The minimum absolute atomic E-state index is 0.140. The number of H-pyrrole nitrogens is 1. The van der Waals surface area contributed by atoms with E-state index in [4.69, 9.17) is 12.2 Å². The predicted octanol–water partition coefficient (Wildman–Crippen LogP) is 4.19. The molecule has 0 amide bonds. The van der Waals surface area contributed by atoms with E-state index in [-0.39, 0.29) is 11.0 Å². The van der Waals surface area contributed by atoms with Gasteiger partial charge in [-0.3, -0.25) is 9.36 Å². The fourth-order valence-electron chi connectivity index (χ4n) is 4.02. The number of thiophene rings is 1. The second-order valence-electron chi connectivity index (χ2n) is 6.90. The number of hydrogen-bond donors (Lipinski definition) is 1. The maximum atomic E-state index is 13.0. The third kappa shape index (κ3) is 2.13. The van der Waals surface area contributed by atoms with Crippen molar-refractivity contribution < 1.29 is 0 Å². The SMILES string of the molecule is CC1(Cn2c(=S)[nH]c3sc4c(c3c2=O)CCC4)CCCC1. The summed E-state index contributed by atoms with van der Waals surface area (Å²) in [5, 5.41) is 0.919. The van der Waals surface area contributed by atoms with E-state index < -0.39 is 0 Å². The van der Waals surface area contributed by atoms with Crippen molar-refractivity contribution in [2.24, 2.45) is 5.41 Å². The first-order valence-corrected chi connectivity index (χ1v) is 9.07. The minimum atomic E-state index is 0.140. The molecule has 0 saturated heterocycles. The fourth-order valence-corrected chi connectivity index (χ4v) is 5.62. The van der Waals surface area contributed by atoms with Crippen LogP contribution >= 0.6 is 23.6 Å². The highest BCUT2D eigenvalue weighted by Gasteiger charge is 2.30. The van der Waals surface area contributed by atoms with E-state index in [9.17, 15) is 4.79 Å². The van der Waals surface area contributed by atoms with Crippen molar-refractivity contribution in [1.82, 2.24) is 9.55 Å². The number of rotatable bonds is 2. The molecule has 0 unspecified atom stereocenters. The van der Waals surface area contributed by atoms with Crippen molar-refractivity contribution in [3.63, 3.8) is 0 Å². The van der Waals surface area contributed by atoms with Gasteiger partial charge in [0.05, 0.1) is 5.39 Å². The van der Waals surface area contributed by atoms with Crippen LogP contribution in [0.25, 0.3) is 10.2 Å². The first-order chi connectivity index (χ1) is 10.1. The van der Waals surface area contributed by atoms with Crippen LogP contribution in [-0.4, -0.2) is 9.55 Å². The molecule has 1 N–H and O–H groups in total. The predicted molar refractivity (Wildman–Crippen MR) is 89.9 cm³/mol. The van der Waals surface area contributed by atoms with Gasteiger partial charge in [-0.25, -0.2) is 0 Å². The average molecular weight is 320 g/mol. The van der Waals surface area contributed by atoms with Crippen LogP contribution in [0.15, 0.2) is 4.79 Å². The Hall–Kier alpha value is -0.940. The molecule has 0 aliphatic heterocycles. The summed E-state index contributed by atoms with van der Waals surface area (Å²) in [4.78, 5) is 18.7. The highest BCUT2D eigenvalue weighted by molar-refractivity contribution is 7.71. The van der Waals surface area contributed by atoms with Gasteiger partial charge in [-0.05, 0) is 55.3 Å². The van der Waals surface area contributed by atoms with E-state index in [2.05, 4.69) is 11.9 Å².